The monoisotopic (exact) mass is 157 g/mol. The van der Waals surface area contributed by atoms with Crippen molar-refractivity contribution >= 4 is 0 Å². The van der Waals surface area contributed by atoms with Crippen LogP contribution in [0.5, 0.6) is 0 Å². The summed E-state index contributed by atoms with van der Waals surface area (Å²) in [6, 6.07) is 0.425. The smallest absolute Gasteiger partial charge is 0.0695 e. The van der Waals surface area contributed by atoms with Crippen molar-refractivity contribution in [2.75, 3.05) is 13.6 Å². The Bertz CT molecular complexity index is 112. The van der Waals surface area contributed by atoms with Crippen LogP contribution in [0.3, 0.4) is 0 Å². The van der Waals surface area contributed by atoms with Gasteiger partial charge in [-0.25, -0.2) is 0 Å². The molecule has 2 atom stereocenters. The van der Waals surface area contributed by atoms with Crippen molar-refractivity contribution in [3.05, 3.63) is 0 Å². The normalized spacial score (nSPS) is 32.7. The maximum absolute atomic E-state index is 9.63. The van der Waals surface area contributed by atoms with Crippen LogP contribution in [-0.4, -0.2) is 35.7 Å². The van der Waals surface area contributed by atoms with E-state index >= 15 is 0 Å². The number of aliphatic hydroxyl groups is 1. The van der Waals surface area contributed by atoms with E-state index in [9.17, 15) is 5.11 Å². The quantitative estimate of drug-likeness (QED) is 0.652. The molecule has 0 amide bonds. The van der Waals surface area contributed by atoms with Crippen LogP contribution in [0.4, 0.5) is 0 Å². The first kappa shape index (κ1) is 9.01. The first-order chi connectivity index (χ1) is 5.25. The molecule has 0 heterocycles. The zero-order chi connectivity index (χ0) is 8.27. The van der Waals surface area contributed by atoms with Crippen LogP contribution in [0.25, 0.3) is 0 Å². The number of aliphatic hydroxyl groups excluding tert-OH is 1. The van der Waals surface area contributed by atoms with Gasteiger partial charge in [-0.2, -0.15) is 0 Å². The molecule has 66 valence electrons. The molecule has 0 spiro atoms. The molecule has 0 bridgehead atoms. The predicted molar refractivity (Wildman–Crippen MR) is 46.6 cm³/mol. The Kier molecular flexibility index (Phi) is 3.34. The standard InChI is InChI=1S/C9H19NO/c1-3-10(2)8-6-4-5-7-9(8)11/h8-9,11H,3-7H2,1-2H3. The van der Waals surface area contributed by atoms with Gasteiger partial charge in [-0.1, -0.05) is 19.8 Å². The van der Waals surface area contributed by atoms with E-state index < -0.39 is 0 Å². The third-order valence-corrected chi connectivity index (χ3v) is 2.76. The highest BCUT2D eigenvalue weighted by Gasteiger charge is 2.25. The lowest BCUT2D eigenvalue weighted by molar-refractivity contribution is 0.0346. The molecule has 1 rings (SSSR count). The van der Waals surface area contributed by atoms with Crippen LogP contribution in [0.15, 0.2) is 0 Å². The van der Waals surface area contributed by atoms with Crippen molar-refractivity contribution in [3.8, 4) is 0 Å². The van der Waals surface area contributed by atoms with Crippen molar-refractivity contribution in [2.24, 2.45) is 0 Å². The van der Waals surface area contributed by atoms with E-state index in [0.29, 0.717) is 6.04 Å². The second-order valence-corrected chi connectivity index (χ2v) is 3.49. The van der Waals surface area contributed by atoms with E-state index in [4.69, 9.17) is 0 Å². The molecule has 11 heavy (non-hydrogen) atoms. The van der Waals surface area contributed by atoms with Crippen LogP contribution in [0.2, 0.25) is 0 Å². The molecule has 0 aliphatic heterocycles. The third-order valence-electron chi connectivity index (χ3n) is 2.76. The van der Waals surface area contributed by atoms with E-state index in [2.05, 4.69) is 18.9 Å². The van der Waals surface area contributed by atoms with Gasteiger partial charge in [0.15, 0.2) is 0 Å². The van der Waals surface area contributed by atoms with Gasteiger partial charge in [0.1, 0.15) is 0 Å². The van der Waals surface area contributed by atoms with Crippen molar-refractivity contribution in [2.45, 2.75) is 44.8 Å². The third kappa shape index (κ3) is 2.17. The molecular formula is C9H19NO. The van der Waals surface area contributed by atoms with Gasteiger partial charge in [-0.15, -0.1) is 0 Å². The highest BCUT2D eigenvalue weighted by molar-refractivity contribution is 4.80. The van der Waals surface area contributed by atoms with Crippen LogP contribution >= 0.6 is 0 Å². The van der Waals surface area contributed by atoms with Crippen molar-refractivity contribution < 1.29 is 5.11 Å². The molecule has 2 nitrogen and oxygen atoms in total. The molecule has 1 saturated carbocycles. The summed E-state index contributed by atoms with van der Waals surface area (Å²) in [5, 5.41) is 9.63. The number of likely N-dealkylation sites (N-methyl/N-ethyl adjacent to an activating group) is 1. The Labute approximate surface area is 69.2 Å². The van der Waals surface area contributed by atoms with Gasteiger partial charge in [-0.3, -0.25) is 0 Å². The second-order valence-electron chi connectivity index (χ2n) is 3.49. The molecule has 0 saturated heterocycles. The van der Waals surface area contributed by atoms with Crippen LogP contribution in [-0.2, 0) is 0 Å². The van der Waals surface area contributed by atoms with E-state index in [1.807, 2.05) is 0 Å². The summed E-state index contributed by atoms with van der Waals surface area (Å²) < 4.78 is 0. The molecule has 0 aromatic rings. The van der Waals surface area contributed by atoms with Crippen LogP contribution < -0.4 is 0 Å². The summed E-state index contributed by atoms with van der Waals surface area (Å²) in [6.07, 6.45) is 4.58. The van der Waals surface area contributed by atoms with Crippen molar-refractivity contribution in [1.82, 2.24) is 4.90 Å². The zero-order valence-corrected chi connectivity index (χ0v) is 7.58. The maximum Gasteiger partial charge on any atom is 0.0695 e. The molecule has 0 radical (unpaired) electrons. The van der Waals surface area contributed by atoms with Gasteiger partial charge in [-0.05, 0) is 26.4 Å². The minimum Gasteiger partial charge on any atom is -0.391 e. The van der Waals surface area contributed by atoms with Gasteiger partial charge < -0.3 is 10.0 Å². The van der Waals surface area contributed by atoms with Gasteiger partial charge in [0.05, 0.1) is 6.10 Å². The fourth-order valence-corrected chi connectivity index (χ4v) is 1.84. The SMILES string of the molecule is CCN(C)C1CCCCC1O. The molecular weight excluding hydrogens is 138 g/mol. The summed E-state index contributed by atoms with van der Waals surface area (Å²) in [7, 11) is 2.10. The van der Waals surface area contributed by atoms with E-state index in [-0.39, 0.29) is 6.10 Å². The predicted octanol–water partition coefficient (Wildman–Crippen LogP) is 1.24. The highest BCUT2D eigenvalue weighted by atomic mass is 16.3. The lowest BCUT2D eigenvalue weighted by Gasteiger charge is -2.34. The van der Waals surface area contributed by atoms with E-state index in [1.165, 1.54) is 19.3 Å². The van der Waals surface area contributed by atoms with Crippen LogP contribution in [0.1, 0.15) is 32.6 Å². The summed E-state index contributed by atoms with van der Waals surface area (Å²) in [6.45, 7) is 3.18. The van der Waals surface area contributed by atoms with Crippen LogP contribution in [0, 0.1) is 0 Å². The number of hydrogen-bond donors (Lipinski definition) is 1. The van der Waals surface area contributed by atoms with Gasteiger partial charge in [0.25, 0.3) is 0 Å². The molecule has 1 N–H and O–H groups in total. The first-order valence-electron chi connectivity index (χ1n) is 4.64. The molecule has 2 heteroatoms. The van der Waals surface area contributed by atoms with Gasteiger partial charge in [0.2, 0.25) is 0 Å². The number of nitrogens with zero attached hydrogens (tertiary/aromatic N) is 1. The molecule has 1 fully saturated rings. The fourth-order valence-electron chi connectivity index (χ4n) is 1.84. The molecule has 0 aromatic heterocycles. The second kappa shape index (κ2) is 4.07. The molecule has 1 aliphatic carbocycles. The van der Waals surface area contributed by atoms with E-state index in [0.717, 1.165) is 13.0 Å². The Morgan fingerprint density at radius 2 is 2.00 bits per heavy atom. The van der Waals surface area contributed by atoms with Gasteiger partial charge >= 0.3 is 0 Å². The fraction of sp³-hybridized carbons (Fsp3) is 1.00. The summed E-state index contributed by atoms with van der Waals surface area (Å²) in [4.78, 5) is 2.25. The summed E-state index contributed by atoms with van der Waals surface area (Å²) >= 11 is 0. The lowest BCUT2D eigenvalue weighted by atomic mass is 9.92. The summed E-state index contributed by atoms with van der Waals surface area (Å²) in [5.41, 5.74) is 0. The largest absolute Gasteiger partial charge is 0.391 e. The lowest BCUT2D eigenvalue weighted by Crippen LogP contribution is -2.43. The highest BCUT2D eigenvalue weighted by Crippen LogP contribution is 2.21. The Balaban J connectivity index is 2.40. The molecule has 0 aromatic carbocycles. The minimum absolute atomic E-state index is 0.0753. The Morgan fingerprint density at radius 3 is 2.55 bits per heavy atom. The van der Waals surface area contributed by atoms with Gasteiger partial charge in [0, 0.05) is 6.04 Å². The average molecular weight is 157 g/mol. The molecule has 2 unspecified atom stereocenters. The zero-order valence-electron chi connectivity index (χ0n) is 7.58. The first-order valence-corrected chi connectivity index (χ1v) is 4.64. The molecule has 1 aliphatic rings. The van der Waals surface area contributed by atoms with Crippen molar-refractivity contribution in [1.29, 1.82) is 0 Å². The average Bonchev–Trinajstić information content (AvgIpc) is 2.04. The Morgan fingerprint density at radius 1 is 1.36 bits per heavy atom. The maximum atomic E-state index is 9.63. The van der Waals surface area contributed by atoms with Crippen molar-refractivity contribution in [3.63, 3.8) is 0 Å². The number of hydrogen-bond acceptors (Lipinski definition) is 2. The Hall–Kier alpha value is -0.0800. The van der Waals surface area contributed by atoms with E-state index in [1.54, 1.807) is 0 Å². The summed E-state index contributed by atoms with van der Waals surface area (Å²) in [5.74, 6) is 0. The topological polar surface area (TPSA) is 23.5 Å². The minimum atomic E-state index is -0.0753. The number of rotatable bonds is 2.